The van der Waals surface area contributed by atoms with Crippen molar-refractivity contribution in [3.8, 4) is 11.5 Å². The van der Waals surface area contributed by atoms with Gasteiger partial charge >= 0.3 is 0 Å². The molecule has 38 heavy (non-hydrogen) atoms. The molecule has 2 aliphatic rings. The fourth-order valence-electron chi connectivity index (χ4n) is 5.45. The third kappa shape index (κ3) is 5.89. The first-order valence-electron chi connectivity index (χ1n) is 13.2. The average Bonchev–Trinajstić information content (AvgIpc) is 3.40. The minimum Gasteiger partial charge on any atom is -0.497 e. The van der Waals surface area contributed by atoms with E-state index in [1.165, 1.54) is 17.7 Å². The van der Waals surface area contributed by atoms with Gasteiger partial charge in [0.15, 0.2) is 0 Å². The summed E-state index contributed by atoms with van der Waals surface area (Å²) in [7, 11) is 3.22. The van der Waals surface area contributed by atoms with Gasteiger partial charge in [-0.2, -0.15) is 5.10 Å². The molecule has 198 valence electrons. The van der Waals surface area contributed by atoms with Gasteiger partial charge in [-0.1, -0.05) is 42.5 Å². The first kappa shape index (κ1) is 25.9. The van der Waals surface area contributed by atoms with Crippen LogP contribution in [0.25, 0.3) is 0 Å². The van der Waals surface area contributed by atoms with E-state index in [0.717, 1.165) is 49.2 Å². The maximum absolute atomic E-state index is 13.7. The second-order valence-electron chi connectivity index (χ2n) is 10.0. The van der Waals surface area contributed by atoms with Crippen molar-refractivity contribution < 1.29 is 18.7 Å². The van der Waals surface area contributed by atoms with E-state index in [-0.39, 0.29) is 17.8 Å². The number of amides is 1. The number of piperidine rings is 1. The van der Waals surface area contributed by atoms with E-state index >= 15 is 0 Å². The third-order valence-electron chi connectivity index (χ3n) is 7.58. The number of hydrogen-bond acceptors (Lipinski definition) is 5. The Labute approximate surface area is 223 Å². The molecule has 0 saturated carbocycles. The van der Waals surface area contributed by atoms with Crippen LogP contribution < -0.4 is 9.47 Å². The highest BCUT2D eigenvalue weighted by Gasteiger charge is 2.36. The minimum atomic E-state index is -0.320. The first-order chi connectivity index (χ1) is 18.5. The van der Waals surface area contributed by atoms with Crippen LogP contribution in [-0.4, -0.2) is 55.4 Å². The largest absolute Gasteiger partial charge is 0.497 e. The van der Waals surface area contributed by atoms with Crippen LogP contribution in [0.3, 0.4) is 0 Å². The molecule has 2 heterocycles. The zero-order valence-electron chi connectivity index (χ0n) is 22.0. The molecule has 0 aromatic heterocycles. The van der Waals surface area contributed by atoms with Gasteiger partial charge in [0.05, 0.1) is 32.5 Å². The fourth-order valence-corrected chi connectivity index (χ4v) is 5.45. The minimum absolute atomic E-state index is 0.0495. The van der Waals surface area contributed by atoms with Crippen LogP contribution in [-0.2, 0) is 11.2 Å². The van der Waals surface area contributed by atoms with Crippen LogP contribution in [0.4, 0.5) is 4.39 Å². The van der Waals surface area contributed by atoms with Crippen LogP contribution >= 0.6 is 0 Å². The predicted molar refractivity (Wildman–Crippen MR) is 146 cm³/mol. The molecule has 6 nitrogen and oxygen atoms in total. The molecule has 5 rings (SSSR count). The van der Waals surface area contributed by atoms with Crippen molar-refractivity contribution in [2.45, 2.75) is 31.7 Å². The predicted octanol–water partition coefficient (Wildman–Crippen LogP) is 5.48. The van der Waals surface area contributed by atoms with Gasteiger partial charge in [-0.25, -0.2) is 9.40 Å². The highest BCUT2D eigenvalue weighted by molar-refractivity contribution is 6.03. The lowest BCUT2D eigenvalue weighted by molar-refractivity contribution is -0.134. The molecule has 0 unspecified atom stereocenters. The zero-order valence-corrected chi connectivity index (χ0v) is 22.0. The molecular formula is C31H34FN3O3. The lowest BCUT2D eigenvalue weighted by atomic mass is 9.90. The van der Waals surface area contributed by atoms with Gasteiger partial charge in [-0.3, -0.25) is 9.69 Å². The Kier molecular flexibility index (Phi) is 8.03. The van der Waals surface area contributed by atoms with Gasteiger partial charge in [0.2, 0.25) is 0 Å². The second-order valence-corrected chi connectivity index (χ2v) is 10.0. The molecule has 1 fully saturated rings. The molecule has 3 aromatic carbocycles. The monoisotopic (exact) mass is 515 g/mol. The van der Waals surface area contributed by atoms with Crippen molar-refractivity contribution in [1.29, 1.82) is 0 Å². The number of nitrogens with zero attached hydrogens (tertiary/aromatic N) is 3. The molecule has 1 saturated heterocycles. The summed E-state index contributed by atoms with van der Waals surface area (Å²) in [4.78, 5) is 15.9. The summed E-state index contributed by atoms with van der Waals surface area (Å²) in [6, 6.07) is 22.2. The summed E-state index contributed by atoms with van der Waals surface area (Å²) in [6.45, 7) is 2.09. The molecule has 0 bridgehead atoms. The lowest BCUT2D eigenvalue weighted by Crippen LogP contribution is -2.42. The average molecular weight is 516 g/mol. The number of carbonyl (C=O) groups is 1. The second kappa shape index (κ2) is 11.8. The normalized spacial score (nSPS) is 18.3. The molecule has 0 spiro atoms. The van der Waals surface area contributed by atoms with Gasteiger partial charge < -0.3 is 9.47 Å². The topological polar surface area (TPSA) is 54.4 Å². The van der Waals surface area contributed by atoms with Crippen molar-refractivity contribution in [2.75, 3.05) is 33.9 Å². The Hall–Kier alpha value is -3.71. The van der Waals surface area contributed by atoms with Crippen LogP contribution in [0, 0.1) is 11.7 Å². The number of hydrazone groups is 1. The molecule has 2 aliphatic heterocycles. The number of likely N-dealkylation sites (tertiary alicyclic amines) is 1. The van der Waals surface area contributed by atoms with Gasteiger partial charge in [0.1, 0.15) is 17.3 Å². The molecule has 0 radical (unpaired) electrons. The first-order valence-corrected chi connectivity index (χ1v) is 13.2. The molecule has 1 atom stereocenters. The van der Waals surface area contributed by atoms with Crippen LogP contribution in [0.1, 0.15) is 42.0 Å². The number of halogens is 1. The molecule has 0 N–H and O–H groups in total. The summed E-state index contributed by atoms with van der Waals surface area (Å²) < 4.78 is 24.6. The number of rotatable bonds is 8. The molecule has 0 aliphatic carbocycles. The Morgan fingerprint density at radius 3 is 2.39 bits per heavy atom. The molecule has 1 amide bonds. The van der Waals surface area contributed by atoms with Gasteiger partial charge in [0, 0.05) is 18.1 Å². The van der Waals surface area contributed by atoms with Gasteiger partial charge in [0.25, 0.3) is 5.91 Å². The Morgan fingerprint density at radius 1 is 0.974 bits per heavy atom. The van der Waals surface area contributed by atoms with Crippen molar-refractivity contribution >= 4 is 11.6 Å². The van der Waals surface area contributed by atoms with E-state index in [0.29, 0.717) is 30.4 Å². The zero-order chi connectivity index (χ0) is 26.5. The summed E-state index contributed by atoms with van der Waals surface area (Å²) >= 11 is 0. The standard InChI is InChI=1S/C31H34FN3O3/c1-37-26-12-13-27(30(19-26)38-2)29-20-28(24-8-10-25(32)11-9-24)33-35(29)31(36)21-34-16-14-23(15-17-34)18-22-6-4-3-5-7-22/h3-13,19,23,29H,14-18,20-21H2,1-2H3/t29-/m0/s1. The Morgan fingerprint density at radius 2 is 1.71 bits per heavy atom. The van der Waals surface area contributed by atoms with E-state index in [2.05, 4.69) is 35.2 Å². The van der Waals surface area contributed by atoms with Crippen molar-refractivity contribution in [3.63, 3.8) is 0 Å². The molecule has 7 heteroatoms. The van der Waals surface area contributed by atoms with Crippen LogP contribution in [0.2, 0.25) is 0 Å². The summed E-state index contributed by atoms with van der Waals surface area (Å²) in [5.41, 5.74) is 3.80. The van der Waals surface area contributed by atoms with Crippen LogP contribution in [0.5, 0.6) is 11.5 Å². The summed E-state index contributed by atoms with van der Waals surface area (Å²) in [5, 5.41) is 6.36. The summed E-state index contributed by atoms with van der Waals surface area (Å²) in [6.07, 6.45) is 3.74. The lowest BCUT2D eigenvalue weighted by Gasteiger charge is -2.33. The third-order valence-corrected chi connectivity index (χ3v) is 7.58. The maximum Gasteiger partial charge on any atom is 0.257 e. The van der Waals surface area contributed by atoms with E-state index in [4.69, 9.17) is 14.6 Å². The van der Waals surface area contributed by atoms with Crippen molar-refractivity contribution in [2.24, 2.45) is 11.0 Å². The molecule has 3 aromatic rings. The molecular weight excluding hydrogens is 481 g/mol. The van der Waals surface area contributed by atoms with E-state index in [9.17, 15) is 9.18 Å². The summed E-state index contributed by atoms with van der Waals surface area (Å²) in [5.74, 6) is 1.61. The highest BCUT2D eigenvalue weighted by atomic mass is 19.1. The Balaban J connectivity index is 1.31. The smallest absolute Gasteiger partial charge is 0.257 e. The van der Waals surface area contributed by atoms with Crippen molar-refractivity contribution in [3.05, 3.63) is 95.3 Å². The fraction of sp³-hybridized carbons (Fsp3) is 0.355. The van der Waals surface area contributed by atoms with Crippen molar-refractivity contribution in [1.82, 2.24) is 9.91 Å². The number of ether oxygens (including phenoxy) is 2. The SMILES string of the molecule is COc1ccc([C@@H]2CC(c3ccc(F)cc3)=NN2C(=O)CN2CCC(Cc3ccccc3)CC2)c(OC)c1. The number of carbonyl (C=O) groups excluding carboxylic acids is 1. The number of methoxy groups -OCH3 is 2. The maximum atomic E-state index is 13.7. The Bertz CT molecular complexity index is 1270. The van der Waals surface area contributed by atoms with Crippen LogP contribution in [0.15, 0.2) is 77.9 Å². The number of hydrogen-bond donors (Lipinski definition) is 0. The van der Waals surface area contributed by atoms with Gasteiger partial charge in [-0.15, -0.1) is 0 Å². The quantitative estimate of drug-likeness (QED) is 0.399. The van der Waals surface area contributed by atoms with Gasteiger partial charge in [-0.05, 0) is 73.7 Å². The number of benzene rings is 3. The van der Waals surface area contributed by atoms with E-state index in [1.807, 2.05) is 18.2 Å². The highest BCUT2D eigenvalue weighted by Crippen LogP contribution is 2.39. The van der Waals surface area contributed by atoms with E-state index in [1.54, 1.807) is 31.4 Å². The van der Waals surface area contributed by atoms with E-state index < -0.39 is 0 Å².